The molecule has 0 bridgehead atoms. The SMILES string of the molecule is C[PH](c1ccccc1)(c1ccccc1)c1ccc(-c2ccc3c(c2)-c2cccc4c5c(cc-3c24)Cc2ccccc2-5)cc1. The van der Waals surface area contributed by atoms with Crippen LogP contribution in [0.1, 0.15) is 11.1 Å². The molecule has 7 aromatic carbocycles. The van der Waals surface area contributed by atoms with Crippen molar-refractivity contribution < 1.29 is 0 Å². The molecular formula is C42H31P. The normalized spacial score (nSPS) is 13.0. The molecule has 43 heavy (non-hydrogen) atoms. The van der Waals surface area contributed by atoms with E-state index in [1.807, 2.05) is 0 Å². The summed E-state index contributed by atoms with van der Waals surface area (Å²) >= 11 is 0. The van der Waals surface area contributed by atoms with Crippen molar-refractivity contribution in [2.75, 3.05) is 6.66 Å². The molecule has 0 N–H and O–H groups in total. The van der Waals surface area contributed by atoms with Crippen LogP contribution >= 0.6 is 7.26 Å². The van der Waals surface area contributed by atoms with Crippen LogP contribution in [-0.4, -0.2) is 6.66 Å². The number of benzene rings is 7. The van der Waals surface area contributed by atoms with Gasteiger partial charge in [-0.25, -0.2) is 0 Å². The Kier molecular flexibility index (Phi) is 5.40. The first-order chi connectivity index (χ1) is 21.2. The van der Waals surface area contributed by atoms with E-state index in [-0.39, 0.29) is 0 Å². The minimum absolute atomic E-state index is 1.02. The zero-order valence-electron chi connectivity index (χ0n) is 24.1. The van der Waals surface area contributed by atoms with E-state index in [1.54, 1.807) is 0 Å². The zero-order valence-corrected chi connectivity index (χ0v) is 25.1. The fraction of sp³-hybridized carbons (Fsp3) is 0.0476. The van der Waals surface area contributed by atoms with Crippen LogP contribution in [0, 0.1) is 0 Å². The van der Waals surface area contributed by atoms with Crippen LogP contribution in [-0.2, 0) is 6.42 Å². The summed E-state index contributed by atoms with van der Waals surface area (Å²) in [5.74, 6) is 0. The van der Waals surface area contributed by atoms with Crippen molar-refractivity contribution in [3.05, 3.63) is 163 Å². The molecule has 0 aromatic heterocycles. The average molecular weight is 567 g/mol. The van der Waals surface area contributed by atoms with E-state index < -0.39 is 7.26 Å². The van der Waals surface area contributed by atoms with Gasteiger partial charge in [0.2, 0.25) is 0 Å². The summed E-state index contributed by atoms with van der Waals surface area (Å²) in [5, 5.41) is 7.11. The van der Waals surface area contributed by atoms with Crippen molar-refractivity contribution in [1.29, 1.82) is 0 Å². The molecule has 0 atom stereocenters. The summed E-state index contributed by atoms with van der Waals surface area (Å²) < 4.78 is 0. The van der Waals surface area contributed by atoms with Crippen LogP contribution in [0.25, 0.3) is 55.3 Å². The van der Waals surface area contributed by atoms with Crippen molar-refractivity contribution in [2.24, 2.45) is 0 Å². The molecule has 0 nitrogen and oxygen atoms in total. The Morgan fingerprint density at radius 2 is 1.05 bits per heavy atom. The van der Waals surface area contributed by atoms with Gasteiger partial charge in [0.15, 0.2) is 0 Å². The van der Waals surface area contributed by atoms with Crippen molar-refractivity contribution in [2.45, 2.75) is 6.42 Å². The molecule has 0 saturated heterocycles. The Hall–Kier alpha value is -4.77. The fourth-order valence-electron chi connectivity index (χ4n) is 7.78. The van der Waals surface area contributed by atoms with Gasteiger partial charge in [-0.05, 0) is 5.56 Å². The van der Waals surface area contributed by atoms with Gasteiger partial charge >= 0.3 is 224 Å². The van der Waals surface area contributed by atoms with Gasteiger partial charge in [-0.15, -0.1) is 0 Å². The Bertz CT molecular complexity index is 2150. The Morgan fingerprint density at radius 3 is 1.79 bits per heavy atom. The molecule has 0 unspecified atom stereocenters. The number of fused-ring (bicyclic) bond motifs is 7. The van der Waals surface area contributed by atoms with Crippen molar-refractivity contribution in [1.82, 2.24) is 0 Å². The molecule has 2 aliphatic rings. The third-order valence-corrected chi connectivity index (χ3v) is 14.5. The van der Waals surface area contributed by atoms with E-state index >= 15 is 0 Å². The molecule has 0 heterocycles. The van der Waals surface area contributed by atoms with Crippen molar-refractivity contribution in [3.63, 3.8) is 0 Å². The summed E-state index contributed by atoms with van der Waals surface area (Å²) in [7, 11) is -2.13. The number of hydrogen-bond donors (Lipinski definition) is 0. The Morgan fingerprint density at radius 1 is 0.419 bits per heavy atom. The maximum atomic E-state index is 2.48. The molecule has 0 saturated carbocycles. The molecule has 9 rings (SSSR count). The molecule has 0 fully saturated rings. The summed E-state index contributed by atoms with van der Waals surface area (Å²) in [5.41, 5.74) is 13.7. The van der Waals surface area contributed by atoms with Crippen LogP contribution in [0.3, 0.4) is 0 Å². The summed E-state index contributed by atoms with van der Waals surface area (Å²) in [6.45, 7) is 2.48. The Labute approximate surface area is 253 Å². The summed E-state index contributed by atoms with van der Waals surface area (Å²) in [6.07, 6.45) is 1.02. The van der Waals surface area contributed by atoms with Crippen LogP contribution in [0.4, 0.5) is 0 Å². The minimum atomic E-state index is -2.13. The van der Waals surface area contributed by atoms with Crippen LogP contribution in [0.2, 0.25) is 0 Å². The topological polar surface area (TPSA) is 0 Å². The van der Waals surface area contributed by atoms with Gasteiger partial charge in [0.05, 0.1) is 0 Å². The van der Waals surface area contributed by atoms with Crippen molar-refractivity contribution in [3.8, 4) is 44.5 Å². The molecule has 0 amide bonds. The van der Waals surface area contributed by atoms with Gasteiger partial charge in [0.1, 0.15) is 0 Å². The van der Waals surface area contributed by atoms with Gasteiger partial charge in [-0.3, -0.25) is 0 Å². The van der Waals surface area contributed by atoms with Crippen molar-refractivity contribution >= 4 is 33.9 Å². The summed E-state index contributed by atoms with van der Waals surface area (Å²) in [6, 6.07) is 57.0. The molecule has 0 radical (unpaired) electrons. The van der Waals surface area contributed by atoms with Gasteiger partial charge in [-0.1, -0.05) is 24.3 Å². The molecule has 2 aliphatic carbocycles. The third-order valence-electron chi connectivity index (χ3n) is 10.0. The van der Waals surface area contributed by atoms with Crippen LogP contribution < -0.4 is 15.9 Å². The Balaban J connectivity index is 1.14. The second-order valence-corrected chi connectivity index (χ2v) is 16.2. The first-order valence-electron chi connectivity index (χ1n) is 15.2. The van der Waals surface area contributed by atoms with E-state index in [0.717, 1.165) is 6.42 Å². The van der Waals surface area contributed by atoms with E-state index in [9.17, 15) is 0 Å². The van der Waals surface area contributed by atoms with E-state index in [0.29, 0.717) is 0 Å². The van der Waals surface area contributed by atoms with Crippen LogP contribution in [0.15, 0.2) is 152 Å². The quantitative estimate of drug-likeness (QED) is 0.186. The van der Waals surface area contributed by atoms with E-state index in [4.69, 9.17) is 0 Å². The molecule has 0 aliphatic heterocycles. The molecule has 7 aromatic rings. The van der Waals surface area contributed by atoms with Gasteiger partial charge in [-0.2, -0.15) is 0 Å². The zero-order chi connectivity index (χ0) is 28.5. The fourth-order valence-corrected chi connectivity index (χ4v) is 11.3. The second kappa shape index (κ2) is 9.37. The molecule has 0 spiro atoms. The second-order valence-electron chi connectivity index (χ2n) is 12.2. The third kappa shape index (κ3) is 3.60. The maximum absolute atomic E-state index is 2.48. The predicted octanol–water partition coefficient (Wildman–Crippen LogP) is 9.38. The monoisotopic (exact) mass is 566 g/mol. The number of hydrogen-bond acceptors (Lipinski definition) is 0. The molecule has 1 heteroatoms. The first kappa shape index (κ1) is 24.8. The number of rotatable bonds is 4. The van der Waals surface area contributed by atoms with Gasteiger partial charge in [0, 0.05) is 0 Å². The first-order valence-corrected chi connectivity index (χ1v) is 17.7. The van der Waals surface area contributed by atoms with Crippen LogP contribution in [0.5, 0.6) is 0 Å². The average Bonchev–Trinajstić information content (AvgIpc) is 3.62. The predicted molar refractivity (Wildman–Crippen MR) is 188 cm³/mol. The van der Waals surface area contributed by atoms with E-state index in [2.05, 4.69) is 158 Å². The van der Waals surface area contributed by atoms with Gasteiger partial charge < -0.3 is 0 Å². The van der Waals surface area contributed by atoms with Gasteiger partial charge in [0.25, 0.3) is 0 Å². The molecular weight excluding hydrogens is 535 g/mol. The molecule has 204 valence electrons. The summed E-state index contributed by atoms with van der Waals surface area (Å²) in [4.78, 5) is 0. The van der Waals surface area contributed by atoms with E-state index in [1.165, 1.54) is 82.3 Å². The standard InChI is InChI=1S/C42H31P/c1-43(32-12-4-2-5-13-32,33-14-6-3-7-15-33)34-22-19-28(20-23-34)29-21-24-36-39(26-29)37-17-10-18-38-41-31(27-40(36)42(37)38)25-30-11-8-9-16-35(30)41/h2-24,26-27,43H,25H2,1H3.